The quantitative estimate of drug-likeness (QED) is 0.283. The first kappa shape index (κ1) is 24.4. The van der Waals surface area contributed by atoms with Crippen molar-refractivity contribution in [2.24, 2.45) is 7.05 Å². The second-order valence-electron chi connectivity index (χ2n) is 8.08. The second kappa shape index (κ2) is 9.85. The Morgan fingerprint density at radius 3 is 2.46 bits per heavy atom. The van der Waals surface area contributed by atoms with Crippen LogP contribution in [0.5, 0.6) is 0 Å². The summed E-state index contributed by atoms with van der Waals surface area (Å²) in [7, 11) is 4.53. The van der Waals surface area contributed by atoms with E-state index in [1.807, 2.05) is 30.3 Å². The topological polar surface area (TPSA) is 86.4 Å². The number of nitrogens with zero attached hydrogens (tertiary/aromatic N) is 4. The Labute approximate surface area is 207 Å². The van der Waals surface area contributed by atoms with Gasteiger partial charge in [0.15, 0.2) is 5.78 Å². The summed E-state index contributed by atoms with van der Waals surface area (Å²) in [5.41, 5.74) is 2.13. The van der Waals surface area contributed by atoms with Crippen LogP contribution in [0.1, 0.15) is 40.0 Å². The Morgan fingerprint density at radius 1 is 1.09 bits per heavy atom. The van der Waals surface area contributed by atoms with Crippen LogP contribution in [-0.4, -0.2) is 45.3 Å². The molecule has 8 nitrogen and oxygen atoms in total. The van der Waals surface area contributed by atoms with Gasteiger partial charge < -0.3 is 0 Å². The molecule has 0 saturated heterocycles. The molecule has 0 aliphatic carbocycles. The number of benzene rings is 2. The van der Waals surface area contributed by atoms with Gasteiger partial charge in [-0.3, -0.25) is 28.5 Å². The molecule has 1 amide bonds. The lowest BCUT2D eigenvalue weighted by molar-refractivity contribution is -0.0763. The lowest BCUT2D eigenvalue weighted by atomic mass is 9.94. The van der Waals surface area contributed by atoms with Crippen LogP contribution in [0.25, 0.3) is 21.9 Å². The molecule has 2 aromatic heterocycles. The summed E-state index contributed by atoms with van der Waals surface area (Å²) < 4.78 is 2.87. The molecule has 2 aromatic carbocycles. The molecule has 9 heteroatoms. The first-order chi connectivity index (χ1) is 16.8. The number of carbonyl (C=O) groups is 2. The number of pyridine rings is 1. The molecule has 0 atom stereocenters. The van der Waals surface area contributed by atoms with E-state index in [9.17, 15) is 14.4 Å². The van der Waals surface area contributed by atoms with Crippen LogP contribution in [0.3, 0.4) is 0 Å². The maximum absolute atomic E-state index is 13.7. The van der Waals surface area contributed by atoms with Crippen molar-refractivity contribution in [3.05, 3.63) is 87.1 Å². The van der Waals surface area contributed by atoms with Crippen molar-refractivity contribution < 1.29 is 14.4 Å². The van der Waals surface area contributed by atoms with Gasteiger partial charge in [0.1, 0.15) is 5.69 Å². The van der Waals surface area contributed by atoms with Crippen LogP contribution in [0.15, 0.2) is 59.4 Å². The van der Waals surface area contributed by atoms with Crippen LogP contribution < -0.4 is 5.56 Å². The van der Waals surface area contributed by atoms with Gasteiger partial charge in [-0.25, -0.2) is 5.06 Å². The van der Waals surface area contributed by atoms with Crippen molar-refractivity contribution in [3.8, 4) is 11.1 Å². The van der Waals surface area contributed by atoms with Gasteiger partial charge in [0.25, 0.3) is 11.5 Å². The first-order valence-electron chi connectivity index (χ1n) is 11.1. The summed E-state index contributed by atoms with van der Waals surface area (Å²) in [5.74, 6) is -0.571. The number of hydroxylamine groups is 2. The number of aromatic nitrogens is 3. The molecular weight excluding hydrogens is 468 g/mol. The van der Waals surface area contributed by atoms with E-state index < -0.39 is 0 Å². The predicted molar refractivity (Wildman–Crippen MR) is 135 cm³/mol. The van der Waals surface area contributed by atoms with E-state index >= 15 is 0 Å². The van der Waals surface area contributed by atoms with Crippen molar-refractivity contribution in [1.29, 1.82) is 0 Å². The van der Waals surface area contributed by atoms with Crippen LogP contribution in [-0.2, 0) is 18.4 Å². The van der Waals surface area contributed by atoms with Gasteiger partial charge in [0.05, 0.1) is 25.0 Å². The highest BCUT2D eigenvalue weighted by atomic mass is 35.5. The number of Topliss-reactive ketones (excluding diaryl/α,β-unsaturated/α-hetero) is 1. The minimum atomic E-state index is -0.385. The predicted octanol–water partition coefficient (Wildman–Crippen LogP) is 4.33. The zero-order valence-corrected chi connectivity index (χ0v) is 20.7. The number of hydrogen-bond donors (Lipinski definition) is 0. The Balaban J connectivity index is 2.00. The molecule has 0 fully saturated rings. The zero-order valence-electron chi connectivity index (χ0n) is 19.9. The summed E-state index contributed by atoms with van der Waals surface area (Å²) in [6.07, 6.45) is 0.204. The molecule has 35 heavy (non-hydrogen) atoms. The normalized spacial score (nSPS) is 11.1. The molecule has 0 aliphatic rings. The minimum Gasteiger partial charge on any atom is -0.298 e. The van der Waals surface area contributed by atoms with Crippen LogP contribution in [0.4, 0.5) is 0 Å². The molecule has 4 aromatic rings. The Bertz CT molecular complexity index is 1490. The third-order valence-electron chi connectivity index (χ3n) is 5.91. The maximum Gasteiger partial charge on any atom is 0.295 e. The van der Waals surface area contributed by atoms with E-state index in [1.165, 1.54) is 23.4 Å². The van der Waals surface area contributed by atoms with Gasteiger partial charge in [-0.05, 0) is 35.2 Å². The number of hydrogen-bond acceptors (Lipinski definition) is 5. The van der Waals surface area contributed by atoms with Gasteiger partial charge in [0, 0.05) is 36.5 Å². The highest BCUT2D eigenvalue weighted by Gasteiger charge is 2.24. The summed E-state index contributed by atoms with van der Waals surface area (Å²) in [5, 5.41) is 7.04. The van der Waals surface area contributed by atoms with Crippen molar-refractivity contribution in [3.63, 3.8) is 0 Å². The van der Waals surface area contributed by atoms with Crippen molar-refractivity contribution in [1.82, 2.24) is 19.4 Å². The Hall–Kier alpha value is -3.75. The van der Waals surface area contributed by atoms with E-state index in [1.54, 1.807) is 38.2 Å². The minimum absolute atomic E-state index is 0.0100. The fourth-order valence-corrected chi connectivity index (χ4v) is 4.31. The van der Waals surface area contributed by atoms with E-state index in [0.29, 0.717) is 27.1 Å². The van der Waals surface area contributed by atoms with E-state index in [4.69, 9.17) is 16.4 Å². The molecule has 2 heterocycles. The monoisotopic (exact) mass is 492 g/mol. The molecule has 0 radical (unpaired) electrons. The second-order valence-corrected chi connectivity index (χ2v) is 8.51. The Kier molecular flexibility index (Phi) is 6.86. The number of aryl methyl sites for hydroxylation is 1. The average molecular weight is 493 g/mol. The largest absolute Gasteiger partial charge is 0.298 e. The summed E-state index contributed by atoms with van der Waals surface area (Å²) in [6.45, 7) is 1.77. The van der Waals surface area contributed by atoms with Gasteiger partial charge in [-0.2, -0.15) is 5.10 Å². The Morgan fingerprint density at radius 2 is 1.80 bits per heavy atom. The van der Waals surface area contributed by atoms with Crippen LogP contribution in [0.2, 0.25) is 5.02 Å². The first-order valence-corrected chi connectivity index (χ1v) is 11.4. The lowest BCUT2D eigenvalue weighted by Crippen LogP contribution is -2.28. The number of fused-ring (bicyclic) bond motifs is 1. The number of ketones is 1. The highest BCUT2D eigenvalue weighted by Crippen LogP contribution is 2.33. The van der Waals surface area contributed by atoms with Gasteiger partial charge in [-0.15, -0.1) is 0 Å². The van der Waals surface area contributed by atoms with Crippen molar-refractivity contribution in [2.75, 3.05) is 14.2 Å². The molecule has 180 valence electrons. The molecule has 0 N–H and O–H groups in total. The third kappa shape index (κ3) is 4.50. The highest BCUT2D eigenvalue weighted by molar-refractivity contribution is 6.31. The standard InChI is InChI=1S/C26H25ClN4O4/c1-5-22(32)24-23(16-9-7-6-8-10-16)20-13-17(27)11-12-19(20)25(33)31(24)15-18-14-21(29(2)28-18)26(34)30(3)35-4/h6-14H,5,15H2,1-4H3. The van der Waals surface area contributed by atoms with E-state index in [2.05, 4.69) is 5.10 Å². The average Bonchev–Trinajstić information content (AvgIpc) is 3.24. The summed E-state index contributed by atoms with van der Waals surface area (Å²) in [4.78, 5) is 44.6. The number of carbonyl (C=O) groups excluding carboxylic acids is 2. The lowest BCUT2D eigenvalue weighted by Gasteiger charge is -2.19. The van der Waals surface area contributed by atoms with Crippen LogP contribution in [0, 0.1) is 0 Å². The number of halogens is 1. The molecule has 0 saturated carbocycles. The third-order valence-corrected chi connectivity index (χ3v) is 6.15. The van der Waals surface area contributed by atoms with Gasteiger partial charge in [0.2, 0.25) is 0 Å². The molecule has 0 spiro atoms. The zero-order chi connectivity index (χ0) is 25.3. The molecule has 0 bridgehead atoms. The fourth-order valence-electron chi connectivity index (χ4n) is 4.13. The van der Waals surface area contributed by atoms with E-state index in [0.717, 1.165) is 10.6 Å². The van der Waals surface area contributed by atoms with E-state index in [-0.39, 0.29) is 41.6 Å². The maximum atomic E-state index is 13.7. The molecular formula is C26H25ClN4O4. The fraction of sp³-hybridized carbons (Fsp3) is 0.231. The summed E-state index contributed by atoms with van der Waals surface area (Å²) >= 11 is 6.30. The van der Waals surface area contributed by atoms with Crippen molar-refractivity contribution >= 4 is 34.1 Å². The van der Waals surface area contributed by atoms with Gasteiger partial charge >= 0.3 is 0 Å². The molecule has 0 aliphatic heterocycles. The number of rotatable bonds is 7. The summed E-state index contributed by atoms with van der Waals surface area (Å²) in [6, 6.07) is 16.1. The molecule has 0 unspecified atom stereocenters. The SMILES string of the molecule is CCC(=O)c1c(-c2ccccc2)c2cc(Cl)ccc2c(=O)n1Cc1cc(C(=O)N(C)OC)n(C)n1. The van der Waals surface area contributed by atoms with Crippen LogP contribution >= 0.6 is 11.6 Å². The number of amides is 1. The van der Waals surface area contributed by atoms with Gasteiger partial charge in [-0.1, -0.05) is 48.9 Å². The molecule has 4 rings (SSSR count). The smallest absolute Gasteiger partial charge is 0.295 e. The van der Waals surface area contributed by atoms with Crippen molar-refractivity contribution in [2.45, 2.75) is 19.9 Å².